The highest BCUT2D eigenvalue weighted by molar-refractivity contribution is 14.1. The molecular formula is C26H39IN2O7. The van der Waals surface area contributed by atoms with E-state index in [9.17, 15) is 19.8 Å². The maximum Gasteiger partial charge on any atom is 0.247 e. The van der Waals surface area contributed by atoms with Crippen LogP contribution in [-0.2, 0) is 16.2 Å². The SMILES string of the molecule is CCCC(=O)N(CCC(C)C)[C@@H]1CC(C(=O)NCCO)=C[C@H](Oc2c(I)cc(CO)cc2OC)[C@H]1O. The zero-order valence-corrected chi connectivity index (χ0v) is 23.7. The average Bonchev–Trinajstić information content (AvgIpc) is 2.85. The highest BCUT2D eigenvalue weighted by Gasteiger charge is 2.40. The molecule has 1 aliphatic rings. The molecule has 0 saturated carbocycles. The van der Waals surface area contributed by atoms with E-state index in [1.165, 1.54) is 7.11 Å². The molecule has 0 unspecified atom stereocenters. The van der Waals surface area contributed by atoms with Crippen molar-refractivity contribution in [2.75, 3.05) is 26.8 Å². The van der Waals surface area contributed by atoms with Gasteiger partial charge in [0.05, 0.1) is 29.9 Å². The molecule has 3 atom stereocenters. The number of aliphatic hydroxyl groups excluding tert-OH is 3. The van der Waals surface area contributed by atoms with Crippen LogP contribution in [0, 0.1) is 9.49 Å². The Bertz CT molecular complexity index is 922. The van der Waals surface area contributed by atoms with Crippen LogP contribution in [0.5, 0.6) is 11.5 Å². The van der Waals surface area contributed by atoms with Crippen molar-refractivity contribution in [1.82, 2.24) is 10.2 Å². The molecule has 0 aromatic heterocycles. The van der Waals surface area contributed by atoms with Crippen molar-refractivity contribution >= 4 is 34.4 Å². The summed E-state index contributed by atoms with van der Waals surface area (Å²) in [6.45, 7) is 6.26. The Labute approximate surface area is 227 Å². The van der Waals surface area contributed by atoms with Crippen LogP contribution >= 0.6 is 22.6 Å². The molecule has 0 fully saturated rings. The number of carbonyl (C=O) groups excluding carboxylic acids is 2. The molecule has 10 heteroatoms. The molecule has 4 N–H and O–H groups in total. The van der Waals surface area contributed by atoms with Gasteiger partial charge in [-0.1, -0.05) is 20.8 Å². The minimum absolute atomic E-state index is 0.0718. The first-order chi connectivity index (χ1) is 17.2. The van der Waals surface area contributed by atoms with Crippen molar-refractivity contribution in [3.63, 3.8) is 0 Å². The van der Waals surface area contributed by atoms with Crippen molar-refractivity contribution in [3.05, 3.63) is 32.9 Å². The van der Waals surface area contributed by atoms with Crippen LogP contribution in [0.1, 0.15) is 52.0 Å². The minimum Gasteiger partial charge on any atom is -0.493 e. The Kier molecular flexibility index (Phi) is 12.4. The summed E-state index contributed by atoms with van der Waals surface area (Å²) in [6.07, 6.45) is 1.50. The summed E-state index contributed by atoms with van der Waals surface area (Å²) in [5, 5.41) is 32.8. The molecule has 2 rings (SSSR count). The van der Waals surface area contributed by atoms with Crippen molar-refractivity contribution in [3.8, 4) is 11.5 Å². The first kappa shape index (κ1) is 30.3. The molecule has 0 radical (unpaired) electrons. The number of halogens is 1. The van der Waals surface area contributed by atoms with E-state index in [0.29, 0.717) is 51.5 Å². The molecule has 1 aromatic rings. The molecule has 1 aromatic carbocycles. The van der Waals surface area contributed by atoms with E-state index in [2.05, 4.69) is 41.8 Å². The highest BCUT2D eigenvalue weighted by Crippen LogP contribution is 2.37. The monoisotopic (exact) mass is 618 g/mol. The third kappa shape index (κ3) is 8.06. The second-order valence-corrected chi connectivity index (χ2v) is 10.5. The van der Waals surface area contributed by atoms with Crippen molar-refractivity contribution in [2.24, 2.45) is 5.92 Å². The fourth-order valence-electron chi connectivity index (χ4n) is 4.12. The predicted octanol–water partition coefficient (Wildman–Crippen LogP) is 2.38. The topological polar surface area (TPSA) is 129 Å². The molecule has 1 aliphatic carbocycles. The maximum atomic E-state index is 13.1. The first-order valence-electron chi connectivity index (χ1n) is 12.4. The lowest BCUT2D eigenvalue weighted by Gasteiger charge is -2.41. The average molecular weight is 619 g/mol. The van der Waals surface area contributed by atoms with Gasteiger partial charge in [0.25, 0.3) is 0 Å². The highest BCUT2D eigenvalue weighted by atomic mass is 127. The van der Waals surface area contributed by atoms with Gasteiger partial charge in [-0.2, -0.15) is 0 Å². The maximum absolute atomic E-state index is 13.1. The van der Waals surface area contributed by atoms with Crippen molar-refractivity contribution in [2.45, 2.75) is 71.3 Å². The van der Waals surface area contributed by atoms with E-state index >= 15 is 0 Å². The summed E-state index contributed by atoms with van der Waals surface area (Å²) in [6, 6.07) is 2.75. The van der Waals surface area contributed by atoms with E-state index in [1.807, 2.05) is 6.92 Å². The Morgan fingerprint density at radius 2 is 2.00 bits per heavy atom. The number of ether oxygens (including phenoxy) is 2. The summed E-state index contributed by atoms with van der Waals surface area (Å²) in [5.41, 5.74) is 1.03. The van der Waals surface area contributed by atoms with Crippen LogP contribution in [-0.4, -0.2) is 77.1 Å². The summed E-state index contributed by atoms with van der Waals surface area (Å²) in [7, 11) is 1.49. The van der Waals surface area contributed by atoms with Gasteiger partial charge >= 0.3 is 0 Å². The molecule has 2 amide bonds. The lowest BCUT2D eigenvalue weighted by atomic mass is 9.87. The number of benzene rings is 1. The first-order valence-corrected chi connectivity index (χ1v) is 13.5. The number of carbonyl (C=O) groups is 2. The van der Waals surface area contributed by atoms with Gasteiger partial charge in [0.15, 0.2) is 11.5 Å². The number of amides is 2. The van der Waals surface area contributed by atoms with E-state index in [4.69, 9.17) is 14.6 Å². The molecule has 0 bridgehead atoms. The Morgan fingerprint density at radius 1 is 1.28 bits per heavy atom. The molecule has 0 heterocycles. The summed E-state index contributed by atoms with van der Waals surface area (Å²) < 4.78 is 12.4. The van der Waals surface area contributed by atoms with Gasteiger partial charge in [-0.05, 0) is 65.1 Å². The van der Waals surface area contributed by atoms with Crippen LogP contribution in [0.15, 0.2) is 23.8 Å². The molecule has 0 spiro atoms. The summed E-state index contributed by atoms with van der Waals surface area (Å²) in [5.74, 6) is 0.670. The minimum atomic E-state index is -1.09. The van der Waals surface area contributed by atoms with Gasteiger partial charge in [-0.25, -0.2) is 0 Å². The number of rotatable bonds is 13. The van der Waals surface area contributed by atoms with Gasteiger partial charge in [-0.3, -0.25) is 9.59 Å². The van der Waals surface area contributed by atoms with Crippen LogP contribution in [0.2, 0.25) is 0 Å². The van der Waals surface area contributed by atoms with Gasteiger partial charge < -0.3 is 35.0 Å². The molecular weight excluding hydrogens is 579 g/mol. The van der Waals surface area contributed by atoms with Crippen LogP contribution in [0.3, 0.4) is 0 Å². The fraction of sp³-hybridized carbons (Fsp3) is 0.615. The summed E-state index contributed by atoms with van der Waals surface area (Å²) in [4.78, 5) is 27.7. The van der Waals surface area contributed by atoms with Gasteiger partial charge in [-0.15, -0.1) is 0 Å². The number of hydrogen-bond donors (Lipinski definition) is 4. The molecule has 0 aliphatic heterocycles. The lowest BCUT2D eigenvalue weighted by Crippen LogP contribution is -2.55. The molecule has 36 heavy (non-hydrogen) atoms. The number of methoxy groups -OCH3 is 1. The predicted molar refractivity (Wildman–Crippen MR) is 145 cm³/mol. The van der Waals surface area contributed by atoms with E-state index in [1.54, 1.807) is 23.1 Å². The Morgan fingerprint density at radius 3 is 2.58 bits per heavy atom. The van der Waals surface area contributed by atoms with E-state index in [-0.39, 0.29) is 38.0 Å². The fourth-order valence-corrected chi connectivity index (χ4v) is 4.92. The van der Waals surface area contributed by atoms with Crippen LogP contribution < -0.4 is 14.8 Å². The Hall–Kier alpha value is -1.89. The van der Waals surface area contributed by atoms with E-state index in [0.717, 1.165) is 6.42 Å². The Balaban J connectivity index is 2.48. The third-order valence-corrected chi connectivity index (χ3v) is 6.87. The molecule has 202 valence electrons. The second kappa shape index (κ2) is 14.7. The smallest absolute Gasteiger partial charge is 0.247 e. The molecule has 9 nitrogen and oxygen atoms in total. The number of hydrogen-bond acceptors (Lipinski definition) is 7. The van der Waals surface area contributed by atoms with Crippen molar-refractivity contribution in [1.29, 1.82) is 0 Å². The summed E-state index contributed by atoms with van der Waals surface area (Å²) >= 11 is 2.07. The second-order valence-electron chi connectivity index (χ2n) is 9.30. The zero-order chi connectivity index (χ0) is 26.8. The largest absolute Gasteiger partial charge is 0.493 e. The lowest BCUT2D eigenvalue weighted by molar-refractivity contribution is -0.138. The zero-order valence-electron chi connectivity index (χ0n) is 21.5. The van der Waals surface area contributed by atoms with Crippen molar-refractivity contribution < 1.29 is 34.4 Å². The van der Waals surface area contributed by atoms with Gasteiger partial charge in [0.1, 0.15) is 12.2 Å². The van der Waals surface area contributed by atoms with E-state index < -0.39 is 18.2 Å². The standard InChI is InChI=1S/C26H39IN2O7/c1-5-6-23(32)29(9-7-16(2)3)20-13-18(26(34)28-8-10-30)14-21(24(20)33)36-25-19(27)11-17(15-31)12-22(25)35-4/h11-12,14,16,20-21,24,30-31,33H,5-10,13,15H2,1-4H3,(H,28,34)/t20-,21+,24+/m1/s1. The number of aliphatic hydroxyl groups is 3. The number of nitrogens with zero attached hydrogens (tertiary/aromatic N) is 1. The number of nitrogens with one attached hydrogen (secondary N) is 1. The molecule has 0 saturated heterocycles. The van der Waals surface area contributed by atoms with Crippen LogP contribution in [0.25, 0.3) is 0 Å². The van der Waals surface area contributed by atoms with Gasteiger partial charge in [0, 0.05) is 31.5 Å². The van der Waals surface area contributed by atoms with Crippen LogP contribution in [0.4, 0.5) is 0 Å². The third-order valence-electron chi connectivity index (χ3n) is 6.07. The normalized spacial score (nSPS) is 19.6. The quantitative estimate of drug-likeness (QED) is 0.250. The van der Waals surface area contributed by atoms with Gasteiger partial charge in [0.2, 0.25) is 11.8 Å².